The van der Waals surface area contributed by atoms with Crippen molar-refractivity contribution in [1.29, 1.82) is 10.8 Å². The lowest BCUT2D eigenvalue weighted by molar-refractivity contribution is 0.248. The van der Waals surface area contributed by atoms with Gasteiger partial charge in [-0.15, -0.1) is 0 Å². The third-order valence-electron chi connectivity index (χ3n) is 4.17. The van der Waals surface area contributed by atoms with Crippen molar-refractivity contribution in [2.45, 2.75) is 43.5 Å². The van der Waals surface area contributed by atoms with Crippen LogP contribution in [0.25, 0.3) is 0 Å². The van der Waals surface area contributed by atoms with Crippen LogP contribution in [-0.2, 0) is 10.0 Å². The Kier molecular flexibility index (Phi) is 8.00. The van der Waals surface area contributed by atoms with Crippen molar-refractivity contribution in [2.75, 3.05) is 19.4 Å². The molecule has 9 heteroatoms. The van der Waals surface area contributed by atoms with E-state index in [1.165, 1.54) is 11.8 Å². The predicted molar refractivity (Wildman–Crippen MR) is 110 cm³/mol. The zero-order valence-corrected chi connectivity index (χ0v) is 17.5. The Hall–Kier alpha value is -1.03. The van der Waals surface area contributed by atoms with Gasteiger partial charge in [-0.2, -0.15) is 4.31 Å². The lowest BCUT2D eigenvalue weighted by Crippen LogP contribution is -2.43. The third-order valence-corrected chi connectivity index (χ3v) is 7.93. The van der Waals surface area contributed by atoms with Gasteiger partial charge in [-0.05, 0) is 62.2 Å². The van der Waals surface area contributed by atoms with Crippen LogP contribution in [0.1, 0.15) is 32.6 Å². The fraction of sp³-hybridized carbons (Fsp3) is 0.529. The van der Waals surface area contributed by atoms with Gasteiger partial charge in [0.05, 0.1) is 17.0 Å². The van der Waals surface area contributed by atoms with Crippen LogP contribution in [0.15, 0.2) is 29.2 Å². The van der Waals surface area contributed by atoms with Crippen LogP contribution in [-0.4, -0.2) is 47.6 Å². The number of nitrogens with one attached hydrogen (secondary N) is 2. The van der Waals surface area contributed by atoms with Crippen LogP contribution in [0.3, 0.4) is 0 Å². The maximum Gasteiger partial charge on any atom is 0.243 e. The molecule has 1 atom stereocenters. The van der Waals surface area contributed by atoms with Crippen molar-refractivity contribution in [1.82, 2.24) is 4.31 Å². The Morgan fingerprint density at radius 1 is 1.27 bits per heavy atom. The number of sulfonamides is 1. The van der Waals surface area contributed by atoms with Gasteiger partial charge in [0, 0.05) is 18.3 Å². The largest absolute Gasteiger partial charge is 0.497 e. The molecule has 0 bridgehead atoms. The summed E-state index contributed by atoms with van der Waals surface area (Å²) in [6.07, 6.45) is 3.45. The molecule has 1 aliphatic rings. The average molecular weight is 416 g/mol. The molecule has 1 aliphatic heterocycles. The van der Waals surface area contributed by atoms with Gasteiger partial charge in [-0.25, -0.2) is 8.42 Å². The van der Waals surface area contributed by atoms with E-state index in [0.717, 1.165) is 31.0 Å². The number of rotatable bonds is 6. The summed E-state index contributed by atoms with van der Waals surface area (Å²) in [6.45, 7) is 2.19. The number of thioether (sulfide) groups is 2. The molecule has 6 nitrogen and oxygen atoms in total. The number of nitrogens with zero attached hydrogens (tertiary/aromatic N) is 1. The van der Waals surface area contributed by atoms with Crippen LogP contribution >= 0.6 is 23.5 Å². The highest BCUT2D eigenvalue weighted by Crippen LogP contribution is 2.29. The predicted octanol–water partition coefficient (Wildman–Crippen LogP) is 4.03. The minimum absolute atomic E-state index is 0.0396. The lowest BCUT2D eigenvalue weighted by atomic mass is 10.0. The van der Waals surface area contributed by atoms with Gasteiger partial charge >= 0.3 is 0 Å². The second-order valence-corrected chi connectivity index (χ2v) is 10.5. The molecule has 0 aromatic heterocycles. The Bertz CT molecular complexity index is 735. The Balaban J connectivity index is 2.04. The first-order valence-corrected chi connectivity index (χ1v) is 11.7. The van der Waals surface area contributed by atoms with E-state index in [2.05, 4.69) is 0 Å². The average Bonchev–Trinajstić information content (AvgIpc) is 2.61. The standard InChI is InChI=1S/C17H25N3O3S3/c1-13(18)25-17(19)24-12-10-14-5-3-4-11-20(14)26(21,22)16-8-6-15(23-2)7-9-16/h6-9,14,18-19H,3-5,10-12H2,1-2H3. The number of benzene rings is 1. The van der Waals surface area contributed by atoms with E-state index in [1.54, 1.807) is 42.6 Å². The molecule has 1 fully saturated rings. The summed E-state index contributed by atoms with van der Waals surface area (Å²) < 4.78 is 33.2. The SMILES string of the molecule is COc1ccc(S(=O)(=O)N2CCCCC2CCSC(=N)SC(C)=N)cc1. The molecule has 1 aromatic rings. The normalized spacial score (nSPS) is 18.5. The van der Waals surface area contributed by atoms with Crippen molar-refractivity contribution >= 4 is 43.0 Å². The molecule has 0 aliphatic carbocycles. The van der Waals surface area contributed by atoms with Crippen molar-refractivity contribution in [2.24, 2.45) is 0 Å². The van der Waals surface area contributed by atoms with Gasteiger partial charge < -0.3 is 4.74 Å². The minimum atomic E-state index is -3.53. The Morgan fingerprint density at radius 3 is 2.58 bits per heavy atom. The van der Waals surface area contributed by atoms with Crippen LogP contribution < -0.4 is 4.74 Å². The topological polar surface area (TPSA) is 94.3 Å². The molecular weight excluding hydrogens is 390 g/mol. The monoisotopic (exact) mass is 415 g/mol. The first-order chi connectivity index (χ1) is 12.3. The van der Waals surface area contributed by atoms with E-state index in [1.807, 2.05) is 0 Å². The molecule has 1 unspecified atom stereocenters. The molecule has 144 valence electrons. The second kappa shape index (κ2) is 9.77. The van der Waals surface area contributed by atoms with Crippen molar-refractivity contribution in [3.05, 3.63) is 24.3 Å². The van der Waals surface area contributed by atoms with Gasteiger partial charge in [0.25, 0.3) is 0 Å². The van der Waals surface area contributed by atoms with Crippen molar-refractivity contribution in [3.8, 4) is 5.75 Å². The molecule has 2 rings (SSSR count). The summed E-state index contributed by atoms with van der Waals surface area (Å²) >= 11 is 2.51. The van der Waals surface area contributed by atoms with Crippen LogP contribution in [0.2, 0.25) is 0 Å². The number of ether oxygens (including phenoxy) is 1. The maximum absolute atomic E-state index is 13.0. The van der Waals surface area contributed by atoms with Gasteiger partial charge in [0.1, 0.15) is 10.1 Å². The molecule has 0 radical (unpaired) electrons. The summed E-state index contributed by atoms with van der Waals surface area (Å²) in [6, 6.07) is 6.48. The first-order valence-electron chi connectivity index (χ1n) is 8.45. The van der Waals surface area contributed by atoms with E-state index >= 15 is 0 Å². The highest BCUT2D eigenvalue weighted by Gasteiger charge is 2.33. The van der Waals surface area contributed by atoms with Gasteiger partial charge in [0.15, 0.2) is 0 Å². The molecule has 0 spiro atoms. The number of piperidine rings is 1. The lowest BCUT2D eigenvalue weighted by Gasteiger charge is -2.34. The van der Waals surface area contributed by atoms with E-state index in [4.69, 9.17) is 15.6 Å². The summed E-state index contributed by atoms with van der Waals surface area (Å²) in [7, 11) is -1.98. The minimum Gasteiger partial charge on any atom is -0.497 e. The number of hydrogen-bond donors (Lipinski definition) is 2. The zero-order chi connectivity index (χ0) is 19.2. The number of hydrogen-bond acceptors (Lipinski definition) is 7. The fourth-order valence-electron chi connectivity index (χ4n) is 2.92. The van der Waals surface area contributed by atoms with Gasteiger partial charge in [-0.3, -0.25) is 10.8 Å². The molecule has 2 N–H and O–H groups in total. The van der Waals surface area contributed by atoms with Crippen molar-refractivity contribution < 1.29 is 13.2 Å². The zero-order valence-electron chi connectivity index (χ0n) is 15.0. The molecule has 1 saturated heterocycles. The maximum atomic E-state index is 13.0. The number of methoxy groups -OCH3 is 1. The Labute approximate surface area is 164 Å². The highest BCUT2D eigenvalue weighted by atomic mass is 32.2. The fourth-order valence-corrected chi connectivity index (χ4v) is 6.36. The summed E-state index contributed by atoms with van der Waals surface area (Å²) in [5, 5.41) is 15.6. The Morgan fingerprint density at radius 2 is 1.96 bits per heavy atom. The van der Waals surface area contributed by atoms with Crippen LogP contribution in [0.5, 0.6) is 5.75 Å². The summed E-state index contributed by atoms with van der Waals surface area (Å²) in [5.74, 6) is 1.31. The van der Waals surface area contributed by atoms with E-state index in [-0.39, 0.29) is 6.04 Å². The van der Waals surface area contributed by atoms with Gasteiger partial charge in [-0.1, -0.05) is 18.2 Å². The van der Waals surface area contributed by atoms with E-state index in [9.17, 15) is 8.42 Å². The smallest absolute Gasteiger partial charge is 0.243 e. The molecule has 26 heavy (non-hydrogen) atoms. The molecular formula is C17H25N3O3S3. The molecule has 0 amide bonds. The first kappa shape index (κ1) is 21.3. The quantitative estimate of drug-likeness (QED) is 0.540. The highest BCUT2D eigenvalue weighted by molar-refractivity contribution is 8.44. The second-order valence-electron chi connectivity index (χ2n) is 6.02. The molecule has 1 aromatic carbocycles. The summed E-state index contributed by atoms with van der Waals surface area (Å²) in [4.78, 5) is 0.292. The van der Waals surface area contributed by atoms with E-state index in [0.29, 0.717) is 38.8 Å². The van der Waals surface area contributed by atoms with Gasteiger partial charge in [0.2, 0.25) is 10.0 Å². The van der Waals surface area contributed by atoms with Crippen LogP contribution in [0, 0.1) is 10.8 Å². The third kappa shape index (κ3) is 5.73. The van der Waals surface area contributed by atoms with E-state index < -0.39 is 10.0 Å². The van der Waals surface area contributed by atoms with Crippen molar-refractivity contribution in [3.63, 3.8) is 0 Å². The molecule has 1 heterocycles. The summed E-state index contributed by atoms with van der Waals surface area (Å²) in [5.41, 5.74) is 0. The van der Waals surface area contributed by atoms with Crippen LogP contribution in [0.4, 0.5) is 0 Å². The molecule has 0 saturated carbocycles.